The van der Waals surface area contributed by atoms with Gasteiger partial charge in [0.25, 0.3) is 0 Å². The van der Waals surface area contributed by atoms with Crippen molar-refractivity contribution in [1.82, 2.24) is 20.2 Å². The highest BCUT2D eigenvalue weighted by Crippen LogP contribution is 2.32. The van der Waals surface area contributed by atoms with Gasteiger partial charge in [0.05, 0.1) is 19.9 Å². The van der Waals surface area contributed by atoms with Gasteiger partial charge < -0.3 is 30.4 Å². The van der Waals surface area contributed by atoms with Crippen LogP contribution < -0.4 is 20.1 Å². The van der Waals surface area contributed by atoms with Crippen molar-refractivity contribution < 1.29 is 18.3 Å². The van der Waals surface area contributed by atoms with Crippen LogP contribution in [0.5, 0.6) is 11.5 Å². The van der Waals surface area contributed by atoms with Gasteiger partial charge in [-0.15, -0.1) is 0 Å². The molecule has 3 N–H and O–H groups in total. The standard InChI is InChI=1S/C23H30F2N6O2/c1-31-8-6-16(7-9-31)27-14-17(11-26)30-23-28-12-15(13-29-23)4-5-18-21(24)19(32-2)10-20(33-3)22(18)25/h10-14,16,26-27H,4-9H2,1-3H3,(H,28,29,30)/b17-14+,26-11?. The Balaban J connectivity index is 1.60. The molecule has 2 aromatic rings. The molecular formula is C23H30F2N6O2. The predicted molar refractivity (Wildman–Crippen MR) is 123 cm³/mol. The molecule has 1 aromatic heterocycles. The Bertz CT molecular complexity index is 948. The van der Waals surface area contributed by atoms with E-state index in [0.29, 0.717) is 29.7 Å². The van der Waals surface area contributed by atoms with Crippen molar-refractivity contribution in [3.8, 4) is 11.5 Å². The van der Waals surface area contributed by atoms with Crippen LogP contribution in [0.3, 0.4) is 0 Å². The number of methoxy groups -OCH3 is 2. The first-order valence-electron chi connectivity index (χ1n) is 10.8. The van der Waals surface area contributed by atoms with Gasteiger partial charge in [-0.05, 0) is 51.4 Å². The molecule has 1 aromatic carbocycles. The first kappa shape index (κ1) is 24.4. The second kappa shape index (κ2) is 11.6. The number of hydrogen-bond donors (Lipinski definition) is 3. The van der Waals surface area contributed by atoms with Gasteiger partial charge in [-0.25, -0.2) is 18.7 Å². The number of nitrogens with zero attached hydrogens (tertiary/aromatic N) is 3. The van der Waals surface area contributed by atoms with Gasteiger partial charge in [0.2, 0.25) is 5.95 Å². The maximum atomic E-state index is 14.5. The zero-order valence-electron chi connectivity index (χ0n) is 19.1. The van der Waals surface area contributed by atoms with Crippen molar-refractivity contribution in [3.63, 3.8) is 0 Å². The molecule has 0 spiro atoms. The topological polar surface area (TPSA) is 95.4 Å². The van der Waals surface area contributed by atoms with Gasteiger partial charge in [-0.1, -0.05) is 0 Å². The fraction of sp³-hybridized carbons (Fsp3) is 0.435. The number of anilines is 1. The molecule has 1 fully saturated rings. The summed E-state index contributed by atoms with van der Waals surface area (Å²) < 4.78 is 39.0. The maximum Gasteiger partial charge on any atom is 0.227 e. The van der Waals surface area contributed by atoms with Gasteiger partial charge in [-0.2, -0.15) is 0 Å². The number of likely N-dealkylation sites (tertiary alicyclic amines) is 1. The minimum Gasteiger partial charge on any atom is -0.494 e. The number of rotatable bonds is 10. The zero-order valence-corrected chi connectivity index (χ0v) is 19.1. The summed E-state index contributed by atoms with van der Waals surface area (Å²) in [4.78, 5) is 10.8. The number of hydrogen-bond acceptors (Lipinski definition) is 8. The molecule has 2 heterocycles. The van der Waals surface area contributed by atoms with E-state index < -0.39 is 11.6 Å². The molecule has 10 heteroatoms. The molecule has 0 radical (unpaired) electrons. The largest absolute Gasteiger partial charge is 0.494 e. The molecule has 8 nitrogen and oxygen atoms in total. The maximum absolute atomic E-state index is 14.5. The summed E-state index contributed by atoms with van der Waals surface area (Å²) >= 11 is 0. The number of ether oxygens (including phenoxy) is 2. The number of nitrogens with one attached hydrogen (secondary N) is 3. The fourth-order valence-electron chi connectivity index (χ4n) is 3.60. The van der Waals surface area contributed by atoms with Gasteiger partial charge in [0, 0.05) is 42.5 Å². The first-order chi connectivity index (χ1) is 15.9. The van der Waals surface area contributed by atoms with Crippen molar-refractivity contribution >= 4 is 12.2 Å². The number of allylic oxidation sites excluding steroid dienone is 1. The van der Waals surface area contributed by atoms with Crippen molar-refractivity contribution in [2.45, 2.75) is 31.7 Å². The van der Waals surface area contributed by atoms with E-state index in [1.54, 1.807) is 18.6 Å². The Kier molecular flexibility index (Phi) is 8.53. The summed E-state index contributed by atoms with van der Waals surface area (Å²) in [5.41, 5.74) is 1.14. The van der Waals surface area contributed by atoms with Gasteiger partial charge in [0.15, 0.2) is 23.1 Å². The number of aromatic nitrogens is 2. The third-order valence-electron chi connectivity index (χ3n) is 5.64. The molecule has 1 aliphatic rings. The average Bonchev–Trinajstić information content (AvgIpc) is 2.83. The second-order valence-corrected chi connectivity index (χ2v) is 7.92. The zero-order chi connectivity index (χ0) is 23.8. The molecular weight excluding hydrogens is 430 g/mol. The molecule has 3 rings (SSSR count). The van der Waals surface area contributed by atoms with E-state index in [1.807, 2.05) is 0 Å². The van der Waals surface area contributed by atoms with E-state index in [0.717, 1.165) is 25.9 Å². The summed E-state index contributed by atoms with van der Waals surface area (Å²) in [6.07, 6.45) is 8.66. The lowest BCUT2D eigenvalue weighted by atomic mass is 10.0. The van der Waals surface area contributed by atoms with Crippen molar-refractivity contribution in [1.29, 1.82) is 5.41 Å². The Morgan fingerprint density at radius 1 is 1.12 bits per heavy atom. The van der Waals surface area contributed by atoms with E-state index in [9.17, 15) is 8.78 Å². The van der Waals surface area contributed by atoms with Gasteiger partial charge in [0.1, 0.15) is 0 Å². The molecule has 0 aliphatic carbocycles. The summed E-state index contributed by atoms with van der Waals surface area (Å²) in [6, 6.07) is 1.56. The molecule has 0 bridgehead atoms. The third-order valence-corrected chi connectivity index (χ3v) is 5.64. The monoisotopic (exact) mass is 460 g/mol. The second-order valence-electron chi connectivity index (χ2n) is 7.92. The summed E-state index contributed by atoms with van der Waals surface area (Å²) in [5.74, 6) is -1.29. The highest BCUT2D eigenvalue weighted by Gasteiger charge is 2.20. The first-order valence-corrected chi connectivity index (χ1v) is 10.8. The number of benzene rings is 1. The molecule has 33 heavy (non-hydrogen) atoms. The van der Waals surface area contributed by atoms with Crippen molar-refractivity contribution in [2.75, 3.05) is 39.7 Å². The van der Waals surface area contributed by atoms with Gasteiger partial charge in [-0.3, -0.25) is 0 Å². The van der Waals surface area contributed by atoms with E-state index >= 15 is 0 Å². The van der Waals surface area contributed by atoms with Crippen molar-refractivity contribution in [2.24, 2.45) is 0 Å². The van der Waals surface area contributed by atoms with Gasteiger partial charge >= 0.3 is 0 Å². The molecule has 1 aliphatic heterocycles. The van der Waals surface area contributed by atoms with Crippen LogP contribution in [0.1, 0.15) is 24.0 Å². The molecule has 1 saturated heterocycles. The van der Waals surface area contributed by atoms with Crippen LogP contribution in [0, 0.1) is 17.0 Å². The van der Waals surface area contributed by atoms with E-state index in [2.05, 4.69) is 32.5 Å². The highest BCUT2D eigenvalue weighted by atomic mass is 19.1. The smallest absolute Gasteiger partial charge is 0.227 e. The predicted octanol–water partition coefficient (Wildman–Crippen LogP) is 3.14. The molecule has 0 unspecified atom stereocenters. The number of aryl methyl sites for hydroxylation is 1. The third kappa shape index (κ3) is 6.38. The lowest BCUT2D eigenvalue weighted by molar-refractivity contribution is 0.244. The van der Waals surface area contributed by atoms with Crippen LogP contribution in [0.15, 0.2) is 30.4 Å². The number of piperidine rings is 1. The lowest BCUT2D eigenvalue weighted by Gasteiger charge is -2.29. The van der Waals surface area contributed by atoms with Crippen LogP contribution in [0.2, 0.25) is 0 Å². The van der Waals surface area contributed by atoms with Crippen molar-refractivity contribution in [3.05, 3.63) is 53.1 Å². The molecule has 0 atom stereocenters. The quantitative estimate of drug-likeness (QED) is 0.469. The van der Waals surface area contributed by atoms with Crippen LogP contribution in [0.25, 0.3) is 0 Å². The Morgan fingerprint density at radius 2 is 1.73 bits per heavy atom. The van der Waals surface area contributed by atoms with E-state index in [4.69, 9.17) is 14.9 Å². The minimum atomic E-state index is -0.743. The lowest BCUT2D eigenvalue weighted by Crippen LogP contribution is -2.39. The molecule has 0 saturated carbocycles. The fourth-order valence-corrected chi connectivity index (χ4v) is 3.60. The van der Waals surface area contributed by atoms with Crippen LogP contribution in [-0.4, -0.2) is 61.5 Å². The molecule has 178 valence electrons. The SMILES string of the molecule is COc1cc(OC)c(F)c(CCc2cnc(N/C(C=N)=C/NC3CCN(C)CC3)nc2)c1F. The Hall–Kier alpha value is -3.27. The summed E-state index contributed by atoms with van der Waals surface area (Å²) in [5, 5.41) is 14.0. The molecule has 0 amide bonds. The minimum absolute atomic E-state index is 0.0705. The van der Waals surface area contributed by atoms with Crippen LogP contribution in [0.4, 0.5) is 14.7 Å². The normalized spacial score (nSPS) is 15.2. The van der Waals surface area contributed by atoms with Crippen LogP contribution >= 0.6 is 0 Å². The Morgan fingerprint density at radius 3 is 2.27 bits per heavy atom. The highest BCUT2D eigenvalue weighted by molar-refractivity contribution is 5.79. The summed E-state index contributed by atoms with van der Waals surface area (Å²) in [7, 11) is 4.75. The van der Waals surface area contributed by atoms with E-state index in [1.165, 1.54) is 26.5 Å². The Labute approximate surface area is 192 Å². The van der Waals surface area contributed by atoms with E-state index in [-0.39, 0.29) is 23.5 Å². The summed E-state index contributed by atoms with van der Waals surface area (Å²) in [6.45, 7) is 2.08. The average molecular weight is 461 g/mol. The number of halogens is 2. The van der Waals surface area contributed by atoms with Crippen LogP contribution in [-0.2, 0) is 12.8 Å².